The van der Waals surface area contributed by atoms with Gasteiger partial charge in [0.1, 0.15) is 0 Å². The third-order valence-corrected chi connectivity index (χ3v) is 13.3. The van der Waals surface area contributed by atoms with Gasteiger partial charge in [0.05, 0.1) is 0 Å². The van der Waals surface area contributed by atoms with Crippen molar-refractivity contribution in [2.45, 2.75) is 91.9 Å². The van der Waals surface area contributed by atoms with Gasteiger partial charge in [-0.2, -0.15) is 0 Å². The average molecular weight is 741 g/mol. The van der Waals surface area contributed by atoms with Crippen molar-refractivity contribution in [2.24, 2.45) is 0 Å². The van der Waals surface area contributed by atoms with Crippen molar-refractivity contribution in [3.63, 3.8) is 0 Å². The van der Waals surface area contributed by atoms with Gasteiger partial charge < -0.3 is 0 Å². The molecular weight excluding hydrogens is 689 g/mol. The molecule has 8 rings (SSSR count). The van der Waals surface area contributed by atoms with E-state index in [1.54, 1.807) is 0 Å². The molecule has 0 atom stereocenters. The molecule has 2 aromatic heterocycles. The van der Waals surface area contributed by atoms with Crippen molar-refractivity contribution in [2.75, 3.05) is 0 Å². The van der Waals surface area contributed by atoms with Crippen LogP contribution in [-0.2, 0) is 12.8 Å². The van der Waals surface area contributed by atoms with E-state index in [1.807, 2.05) is 22.7 Å². The molecule has 2 heterocycles. The van der Waals surface area contributed by atoms with Crippen LogP contribution in [-0.4, -0.2) is 0 Å². The molecule has 0 saturated carbocycles. The van der Waals surface area contributed by atoms with Crippen molar-refractivity contribution >= 4 is 55.0 Å². The molecule has 0 bridgehead atoms. The van der Waals surface area contributed by atoms with E-state index < -0.39 is 0 Å². The van der Waals surface area contributed by atoms with E-state index >= 15 is 0 Å². The van der Waals surface area contributed by atoms with Crippen LogP contribution in [0.3, 0.4) is 0 Å². The fourth-order valence-corrected chi connectivity index (χ4v) is 9.99. The highest BCUT2D eigenvalue weighted by atomic mass is 32.1. The zero-order chi connectivity index (χ0) is 37.0. The quantitative estimate of drug-likeness (QED) is 0.0769. The second-order valence-corrected chi connectivity index (χ2v) is 17.9. The summed E-state index contributed by atoms with van der Waals surface area (Å²) in [5, 5.41) is 7.86. The molecule has 0 nitrogen and oxygen atoms in total. The summed E-state index contributed by atoms with van der Waals surface area (Å²) in [4.78, 5) is 5.35. The van der Waals surface area contributed by atoms with Crippen molar-refractivity contribution in [3.8, 4) is 43.1 Å². The Kier molecular flexibility index (Phi) is 11.1. The normalized spacial score (nSPS) is 11.7. The summed E-state index contributed by atoms with van der Waals surface area (Å²) in [6.07, 6.45) is 12.6. The number of benzene rings is 6. The molecule has 0 aliphatic rings. The largest absolute Gasteiger partial charge is 0.141 e. The summed E-state index contributed by atoms with van der Waals surface area (Å²) < 4.78 is 0. The fraction of sp³-hybridized carbons (Fsp3) is 0.269. The maximum atomic E-state index is 2.48. The smallest absolute Gasteiger partial charge is 0.0345 e. The maximum Gasteiger partial charge on any atom is 0.0345 e. The minimum Gasteiger partial charge on any atom is -0.141 e. The van der Waals surface area contributed by atoms with Crippen molar-refractivity contribution < 1.29 is 0 Å². The van der Waals surface area contributed by atoms with Crippen LogP contribution >= 0.6 is 22.7 Å². The Bertz CT molecular complexity index is 2350. The van der Waals surface area contributed by atoms with Gasteiger partial charge in [-0.15, -0.1) is 22.7 Å². The van der Waals surface area contributed by atoms with Gasteiger partial charge in [0.2, 0.25) is 0 Å². The molecule has 0 saturated heterocycles. The Balaban J connectivity index is 1.36. The lowest BCUT2D eigenvalue weighted by atomic mass is 9.84. The first-order valence-electron chi connectivity index (χ1n) is 20.3. The first kappa shape index (κ1) is 36.5. The van der Waals surface area contributed by atoms with E-state index in [1.165, 1.54) is 148 Å². The molecule has 54 heavy (non-hydrogen) atoms. The molecule has 0 spiro atoms. The number of hydrogen-bond donors (Lipinski definition) is 0. The molecule has 2 heteroatoms. The predicted octanol–water partition coefficient (Wildman–Crippen LogP) is 16.8. The molecule has 8 aromatic rings. The Morgan fingerprint density at radius 1 is 0.370 bits per heavy atom. The number of unbranched alkanes of at least 4 members (excludes halogenated alkanes) is 6. The van der Waals surface area contributed by atoms with Crippen LogP contribution in [0.15, 0.2) is 121 Å². The van der Waals surface area contributed by atoms with Gasteiger partial charge in [-0.05, 0) is 165 Å². The molecule has 0 amide bonds. The summed E-state index contributed by atoms with van der Waals surface area (Å²) in [6.45, 7) is 8.98. The maximum absolute atomic E-state index is 2.48. The van der Waals surface area contributed by atoms with Crippen molar-refractivity contribution in [3.05, 3.63) is 142 Å². The molecule has 272 valence electrons. The minimum absolute atomic E-state index is 1.15. The van der Waals surface area contributed by atoms with E-state index in [4.69, 9.17) is 0 Å². The van der Waals surface area contributed by atoms with Crippen LogP contribution < -0.4 is 0 Å². The van der Waals surface area contributed by atoms with Crippen LogP contribution in [0.25, 0.3) is 75.5 Å². The monoisotopic (exact) mass is 740 g/mol. The first-order valence-corrected chi connectivity index (χ1v) is 21.9. The minimum atomic E-state index is 1.15. The average Bonchev–Trinajstić information content (AvgIpc) is 3.84. The van der Waals surface area contributed by atoms with Gasteiger partial charge >= 0.3 is 0 Å². The molecule has 0 radical (unpaired) electrons. The highest BCUT2D eigenvalue weighted by Gasteiger charge is 2.19. The lowest BCUT2D eigenvalue weighted by molar-refractivity contribution is 0.667. The second kappa shape index (κ2) is 16.5. The number of hydrogen-bond acceptors (Lipinski definition) is 2. The van der Waals surface area contributed by atoms with E-state index in [9.17, 15) is 0 Å². The van der Waals surface area contributed by atoms with Crippen LogP contribution in [0.2, 0.25) is 0 Å². The molecule has 0 N–H and O–H groups in total. The Morgan fingerprint density at radius 2 is 0.778 bits per heavy atom. The third kappa shape index (κ3) is 7.70. The Hall–Kier alpha value is -4.50. The van der Waals surface area contributed by atoms with Crippen LogP contribution in [0.5, 0.6) is 0 Å². The molecule has 6 aromatic carbocycles. The van der Waals surface area contributed by atoms with Gasteiger partial charge in [-0.25, -0.2) is 0 Å². The van der Waals surface area contributed by atoms with E-state index in [0.29, 0.717) is 0 Å². The molecular formula is C52H52S2. The lowest BCUT2D eigenvalue weighted by Crippen LogP contribution is -1.93. The summed E-state index contributed by atoms with van der Waals surface area (Å²) in [5.41, 5.74) is 10.7. The summed E-state index contributed by atoms with van der Waals surface area (Å²) >= 11 is 3.76. The number of aryl methyl sites for hydroxylation is 4. The highest BCUT2D eigenvalue weighted by molar-refractivity contribution is 7.15. The van der Waals surface area contributed by atoms with Gasteiger partial charge in [0, 0.05) is 19.5 Å². The molecule has 0 aliphatic carbocycles. The summed E-state index contributed by atoms with van der Waals surface area (Å²) in [7, 11) is 0. The number of rotatable bonds is 14. The Morgan fingerprint density at radius 3 is 1.15 bits per heavy atom. The van der Waals surface area contributed by atoms with E-state index in [2.05, 4.69) is 149 Å². The van der Waals surface area contributed by atoms with Crippen molar-refractivity contribution in [1.29, 1.82) is 0 Å². The topological polar surface area (TPSA) is 0 Å². The van der Waals surface area contributed by atoms with Crippen LogP contribution in [0.1, 0.15) is 86.1 Å². The zero-order valence-electron chi connectivity index (χ0n) is 32.4. The second-order valence-electron chi connectivity index (χ2n) is 15.3. The summed E-state index contributed by atoms with van der Waals surface area (Å²) in [6, 6.07) is 47.4. The van der Waals surface area contributed by atoms with Crippen LogP contribution in [0, 0.1) is 13.8 Å². The third-order valence-electron chi connectivity index (χ3n) is 11.2. The van der Waals surface area contributed by atoms with E-state index in [0.717, 1.165) is 12.8 Å². The van der Waals surface area contributed by atoms with Gasteiger partial charge in [0.25, 0.3) is 0 Å². The van der Waals surface area contributed by atoms with Gasteiger partial charge in [-0.1, -0.05) is 125 Å². The first-order chi connectivity index (χ1) is 26.5. The highest BCUT2D eigenvalue weighted by Crippen LogP contribution is 2.46. The SMILES string of the molecule is CCCCCCc1ccc(-c2c3cc(-c4ccc(C)s4)ccc3cc3c(-c4ccc(CCCCCC)cc4)c4cc(-c5ccc(C)s5)ccc4cc23)cc1. The van der Waals surface area contributed by atoms with E-state index in [-0.39, 0.29) is 0 Å². The Labute approximate surface area is 330 Å². The van der Waals surface area contributed by atoms with Crippen molar-refractivity contribution in [1.82, 2.24) is 0 Å². The molecule has 0 aliphatic heterocycles. The van der Waals surface area contributed by atoms with Gasteiger partial charge in [-0.3, -0.25) is 0 Å². The fourth-order valence-electron chi connectivity index (χ4n) is 8.26. The van der Waals surface area contributed by atoms with Gasteiger partial charge in [0.15, 0.2) is 0 Å². The lowest BCUT2D eigenvalue weighted by Gasteiger charge is -2.19. The molecule has 0 unspecified atom stereocenters. The number of fused-ring (bicyclic) bond motifs is 3. The van der Waals surface area contributed by atoms with Crippen LogP contribution in [0.4, 0.5) is 0 Å². The molecule has 0 fully saturated rings. The zero-order valence-corrected chi connectivity index (χ0v) is 34.1. The summed E-state index contributed by atoms with van der Waals surface area (Å²) in [5.74, 6) is 0. The predicted molar refractivity (Wildman–Crippen MR) is 242 cm³/mol. The number of thiophene rings is 2. The standard InChI is InChI=1S/C52H52S2/c1-5-7-9-11-13-37-17-21-39(22-18-37)51-45-33-43(49-29-15-35(3)53-49)27-25-41(45)32-48-47(51)31-42-26-28-44(50-30-16-36(4)54-50)34-46(42)52(48)40-23-19-38(20-24-40)14-12-10-8-6-2/h15-34H,5-14H2,1-4H3.